The van der Waals surface area contributed by atoms with Gasteiger partial charge in [0, 0.05) is 18.5 Å². The molecule has 5 nitrogen and oxygen atoms in total. The molecule has 2 aromatic carbocycles. The van der Waals surface area contributed by atoms with Crippen molar-refractivity contribution in [3.8, 4) is 5.75 Å². The van der Waals surface area contributed by atoms with Crippen molar-refractivity contribution in [2.24, 2.45) is 0 Å². The molecule has 136 valence electrons. The molecular formula is C21H24N2O3. The predicted octanol–water partition coefficient (Wildman–Crippen LogP) is 2.89. The summed E-state index contributed by atoms with van der Waals surface area (Å²) in [5, 5.41) is 2.98. The zero-order valence-electron chi connectivity index (χ0n) is 15.2. The molecule has 1 aliphatic heterocycles. The number of nitrogens with zero attached hydrogens (tertiary/aromatic N) is 1. The van der Waals surface area contributed by atoms with Crippen LogP contribution in [0.4, 0.5) is 0 Å². The van der Waals surface area contributed by atoms with Crippen LogP contribution in [0.2, 0.25) is 0 Å². The smallest absolute Gasteiger partial charge is 0.245 e. The molecule has 0 saturated carbocycles. The van der Waals surface area contributed by atoms with Gasteiger partial charge >= 0.3 is 0 Å². The number of carbonyl (C=O) groups excluding carboxylic acids is 2. The van der Waals surface area contributed by atoms with Crippen molar-refractivity contribution in [1.29, 1.82) is 0 Å². The summed E-state index contributed by atoms with van der Waals surface area (Å²) in [4.78, 5) is 27.1. The highest BCUT2D eigenvalue weighted by Gasteiger charge is 2.47. The zero-order chi connectivity index (χ0) is 18.6. The second kappa shape index (κ2) is 7.60. The van der Waals surface area contributed by atoms with Crippen molar-refractivity contribution in [3.05, 3.63) is 65.7 Å². The maximum Gasteiger partial charge on any atom is 0.245 e. The van der Waals surface area contributed by atoms with E-state index in [4.69, 9.17) is 4.74 Å². The summed E-state index contributed by atoms with van der Waals surface area (Å²) in [6.45, 7) is 2.65. The number of carbonyl (C=O) groups is 2. The lowest BCUT2D eigenvalue weighted by Gasteiger charge is -2.34. The Balaban J connectivity index is 1.75. The minimum Gasteiger partial charge on any atom is -0.496 e. The third-order valence-corrected chi connectivity index (χ3v) is 5.03. The van der Waals surface area contributed by atoms with Crippen LogP contribution >= 0.6 is 0 Å². The Kier molecular flexibility index (Phi) is 5.26. The fourth-order valence-electron chi connectivity index (χ4n) is 3.37. The normalized spacial score (nSPS) is 19.5. The average Bonchev–Trinajstić information content (AvgIpc) is 2.97. The van der Waals surface area contributed by atoms with Gasteiger partial charge in [-0.25, -0.2) is 0 Å². The van der Waals surface area contributed by atoms with Gasteiger partial charge in [-0.1, -0.05) is 48.5 Å². The highest BCUT2D eigenvalue weighted by molar-refractivity contribution is 5.94. The average molecular weight is 352 g/mol. The van der Waals surface area contributed by atoms with Gasteiger partial charge < -0.3 is 15.0 Å². The number of hydrogen-bond acceptors (Lipinski definition) is 3. The minimum atomic E-state index is -0.854. The Labute approximate surface area is 154 Å². The molecule has 3 rings (SSSR count). The van der Waals surface area contributed by atoms with Gasteiger partial charge in [-0.15, -0.1) is 0 Å². The van der Waals surface area contributed by atoms with E-state index in [1.807, 2.05) is 61.5 Å². The molecule has 0 unspecified atom stereocenters. The monoisotopic (exact) mass is 352 g/mol. The van der Waals surface area contributed by atoms with Crippen LogP contribution in [0, 0.1) is 0 Å². The highest BCUT2D eigenvalue weighted by Crippen LogP contribution is 2.33. The Bertz CT molecular complexity index is 791. The van der Waals surface area contributed by atoms with Gasteiger partial charge in [-0.2, -0.15) is 0 Å². The molecule has 26 heavy (non-hydrogen) atoms. The first kappa shape index (κ1) is 18.0. The second-order valence-corrected chi connectivity index (χ2v) is 6.73. The zero-order valence-corrected chi connectivity index (χ0v) is 15.2. The highest BCUT2D eigenvalue weighted by atomic mass is 16.5. The van der Waals surface area contributed by atoms with E-state index >= 15 is 0 Å². The van der Waals surface area contributed by atoms with Crippen molar-refractivity contribution < 1.29 is 14.3 Å². The number of rotatable bonds is 6. The van der Waals surface area contributed by atoms with E-state index < -0.39 is 5.54 Å². The lowest BCUT2D eigenvalue weighted by Crippen LogP contribution is -2.53. The molecule has 0 radical (unpaired) electrons. The molecule has 1 fully saturated rings. The summed E-state index contributed by atoms with van der Waals surface area (Å²) in [6.07, 6.45) is 0.895. The topological polar surface area (TPSA) is 58.6 Å². The quantitative estimate of drug-likeness (QED) is 0.870. The molecule has 2 aromatic rings. The molecule has 1 heterocycles. The van der Waals surface area contributed by atoms with Gasteiger partial charge in [0.15, 0.2) is 0 Å². The molecule has 0 aliphatic carbocycles. The van der Waals surface area contributed by atoms with Crippen LogP contribution in [0.1, 0.15) is 30.9 Å². The number of amides is 2. The Morgan fingerprint density at radius 3 is 2.58 bits per heavy atom. The number of para-hydroxylation sites is 1. The largest absolute Gasteiger partial charge is 0.496 e. The molecule has 1 N–H and O–H groups in total. The maximum absolute atomic E-state index is 12.9. The molecule has 0 spiro atoms. The number of likely N-dealkylation sites (tertiary alicyclic amines) is 1. The van der Waals surface area contributed by atoms with Gasteiger partial charge in [-0.3, -0.25) is 9.59 Å². The fourth-order valence-corrected chi connectivity index (χ4v) is 3.37. The molecule has 1 aliphatic rings. The molecule has 1 saturated heterocycles. The van der Waals surface area contributed by atoms with Crippen molar-refractivity contribution in [2.45, 2.75) is 38.4 Å². The molecular weight excluding hydrogens is 328 g/mol. The number of nitrogens with one attached hydrogen (secondary N) is 1. The molecule has 0 bridgehead atoms. The molecule has 0 aromatic heterocycles. The van der Waals surface area contributed by atoms with Gasteiger partial charge in [0.05, 0.1) is 13.7 Å². The number of hydrogen-bond donors (Lipinski definition) is 1. The van der Waals surface area contributed by atoms with Crippen LogP contribution in [0.5, 0.6) is 5.75 Å². The third kappa shape index (κ3) is 3.57. The first-order valence-corrected chi connectivity index (χ1v) is 8.79. The molecule has 5 heteroatoms. The van der Waals surface area contributed by atoms with E-state index in [-0.39, 0.29) is 11.8 Å². The fraction of sp³-hybridized carbons (Fsp3) is 0.333. The van der Waals surface area contributed by atoms with E-state index in [9.17, 15) is 9.59 Å². The minimum absolute atomic E-state index is 0.00623. The van der Waals surface area contributed by atoms with Crippen LogP contribution in [0.25, 0.3) is 0 Å². The summed E-state index contributed by atoms with van der Waals surface area (Å²) in [7, 11) is 1.61. The summed E-state index contributed by atoms with van der Waals surface area (Å²) < 4.78 is 5.39. The van der Waals surface area contributed by atoms with E-state index in [0.29, 0.717) is 25.9 Å². The lowest BCUT2D eigenvalue weighted by molar-refractivity contribution is -0.141. The Hall–Kier alpha value is -2.82. The number of methoxy groups -OCH3 is 1. The SMILES string of the molecule is COc1ccccc1CN1C(=O)CC[C@]1(C)C(=O)NCc1ccccc1. The van der Waals surface area contributed by atoms with E-state index in [0.717, 1.165) is 16.9 Å². The third-order valence-electron chi connectivity index (χ3n) is 5.03. The summed E-state index contributed by atoms with van der Waals surface area (Å²) in [5.74, 6) is 0.592. The van der Waals surface area contributed by atoms with Crippen LogP contribution in [0.3, 0.4) is 0 Å². The predicted molar refractivity (Wildman–Crippen MR) is 99.5 cm³/mol. The van der Waals surface area contributed by atoms with Crippen molar-refractivity contribution in [2.75, 3.05) is 7.11 Å². The second-order valence-electron chi connectivity index (χ2n) is 6.73. The summed E-state index contributed by atoms with van der Waals surface area (Å²) in [6, 6.07) is 17.3. The van der Waals surface area contributed by atoms with Gasteiger partial charge in [0.25, 0.3) is 0 Å². The Morgan fingerprint density at radius 2 is 1.85 bits per heavy atom. The standard InChI is InChI=1S/C21H24N2O3/c1-21(20(25)22-14-16-8-4-3-5-9-16)13-12-19(24)23(21)15-17-10-6-7-11-18(17)26-2/h3-11H,12-15H2,1-2H3,(H,22,25)/t21-/m1/s1. The number of benzene rings is 2. The van der Waals surface area contributed by atoms with E-state index in [1.165, 1.54) is 0 Å². The first-order chi connectivity index (χ1) is 12.5. The van der Waals surface area contributed by atoms with Crippen molar-refractivity contribution in [1.82, 2.24) is 10.2 Å². The summed E-state index contributed by atoms with van der Waals surface area (Å²) in [5.41, 5.74) is 1.07. The lowest BCUT2D eigenvalue weighted by atomic mass is 9.96. The van der Waals surface area contributed by atoms with Gasteiger partial charge in [0.2, 0.25) is 11.8 Å². The van der Waals surface area contributed by atoms with E-state index in [2.05, 4.69) is 5.32 Å². The number of ether oxygens (including phenoxy) is 1. The maximum atomic E-state index is 12.9. The van der Waals surface area contributed by atoms with Crippen LogP contribution < -0.4 is 10.1 Å². The van der Waals surface area contributed by atoms with Crippen LogP contribution in [-0.2, 0) is 22.7 Å². The first-order valence-electron chi connectivity index (χ1n) is 8.79. The summed E-state index contributed by atoms with van der Waals surface area (Å²) >= 11 is 0. The Morgan fingerprint density at radius 1 is 1.15 bits per heavy atom. The van der Waals surface area contributed by atoms with E-state index in [1.54, 1.807) is 12.0 Å². The van der Waals surface area contributed by atoms with Crippen molar-refractivity contribution in [3.63, 3.8) is 0 Å². The van der Waals surface area contributed by atoms with Crippen LogP contribution in [0.15, 0.2) is 54.6 Å². The van der Waals surface area contributed by atoms with Crippen molar-refractivity contribution >= 4 is 11.8 Å². The molecule has 2 amide bonds. The van der Waals surface area contributed by atoms with Crippen LogP contribution in [-0.4, -0.2) is 29.4 Å². The molecule has 1 atom stereocenters. The van der Waals surface area contributed by atoms with Gasteiger partial charge in [0.1, 0.15) is 11.3 Å². The van der Waals surface area contributed by atoms with Gasteiger partial charge in [-0.05, 0) is 25.0 Å².